The van der Waals surface area contributed by atoms with E-state index in [-0.39, 0.29) is 16.6 Å². The smallest absolute Gasteiger partial charge is 0.263 e. The van der Waals surface area contributed by atoms with Gasteiger partial charge in [0.05, 0.1) is 9.77 Å². The molecule has 1 heterocycles. The summed E-state index contributed by atoms with van der Waals surface area (Å²) in [5, 5.41) is 0. The Bertz CT molecular complexity index is 1100. The Labute approximate surface area is 161 Å². The molecule has 0 bridgehead atoms. The second kappa shape index (κ2) is 7.25. The van der Waals surface area contributed by atoms with Gasteiger partial charge in [-0.1, -0.05) is 30.3 Å². The lowest BCUT2D eigenvalue weighted by Gasteiger charge is -2.07. The first kappa shape index (κ1) is 19.3. The van der Waals surface area contributed by atoms with Gasteiger partial charge in [-0.15, -0.1) is 11.3 Å². The molecule has 0 aliphatic carbocycles. The van der Waals surface area contributed by atoms with Crippen molar-refractivity contribution in [1.82, 2.24) is 4.90 Å². The van der Waals surface area contributed by atoms with Crippen molar-refractivity contribution in [2.75, 3.05) is 20.4 Å². The quantitative estimate of drug-likeness (QED) is 0.652. The molecule has 27 heavy (non-hydrogen) atoms. The van der Waals surface area contributed by atoms with Gasteiger partial charge >= 0.3 is 0 Å². The second-order valence-electron chi connectivity index (χ2n) is 6.33. The average molecular weight is 404 g/mol. The third kappa shape index (κ3) is 3.94. The third-order valence-corrected chi connectivity index (χ3v) is 6.35. The average Bonchev–Trinajstić information content (AvgIpc) is 3.05. The molecule has 7 heteroatoms. The van der Waals surface area contributed by atoms with Crippen LogP contribution in [-0.2, 0) is 9.84 Å². The highest BCUT2D eigenvalue weighted by Gasteiger charge is 2.20. The minimum Gasteiger partial charge on any atom is -0.344 e. The van der Waals surface area contributed by atoms with Crippen molar-refractivity contribution in [1.29, 1.82) is 0 Å². The molecule has 0 N–H and O–H groups in total. The van der Waals surface area contributed by atoms with E-state index >= 15 is 0 Å². The van der Waals surface area contributed by atoms with Crippen LogP contribution in [0, 0.1) is 5.82 Å². The number of hydrogen-bond acceptors (Lipinski definition) is 4. The maximum absolute atomic E-state index is 14.4. The molecule has 1 aromatic heterocycles. The fraction of sp³-hybridized carbons (Fsp3) is 0.150. The first-order valence-corrected chi connectivity index (χ1v) is 10.8. The van der Waals surface area contributed by atoms with Crippen molar-refractivity contribution >= 4 is 27.1 Å². The minimum atomic E-state index is -3.31. The number of rotatable bonds is 4. The van der Waals surface area contributed by atoms with Gasteiger partial charge in [0.15, 0.2) is 9.84 Å². The molecule has 3 rings (SSSR count). The first-order chi connectivity index (χ1) is 12.7. The van der Waals surface area contributed by atoms with Crippen LogP contribution in [0.4, 0.5) is 4.39 Å². The Balaban J connectivity index is 2.19. The fourth-order valence-electron chi connectivity index (χ4n) is 2.66. The maximum atomic E-state index is 14.4. The van der Waals surface area contributed by atoms with Gasteiger partial charge in [0, 0.05) is 36.4 Å². The molecule has 0 atom stereocenters. The number of carbonyl (C=O) groups is 1. The van der Waals surface area contributed by atoms with Gasteiger partial charge in [-0.3, -0.25) is 4.79 Å². The minimum absolute atomic E-state index is 0.170. The highest BCUT2D eigenvalue weighted by atomic mass is 32.2. The number of sulfone groups is 1. The number of nitrogens with zero attached hydrogens (tertiary/aromatic N) is 1. The monoisotopic (exact) mass is 403 g/mol. The van der Waals surface area contributed by atoms with Crippen LogP contribution in [0.15, 0.2) is 59.5 Å². The number of amides is 1. The van der Waals surface area contributed by atoms with Crippen molar-refractivity contribution in [2.24, 2.45) is 0 Å². The van der Waals surface area contributed by atoms with Gasteiger partial charge in [0.2, 0.25) is 0 Å². The van der Waals surface area contributed by atoms with Crippen molar-refractivity contribution < 1.29 is 17.6 Å². The zero-order valence-electron chi connectivity index (χ0n) is 15.1. The Morgan fingerprint density at radius 1 is 1.00 bits per heavy atom. The summed E-state index contributed by atoms with van der Waals surface area (Å²) in [6.07, 6.45) is 1.14. The normalized spacial score (nSPS) is 11.4. The van der Waals surface area contributed by atoms with Crippen molar-refractivity contribution in [2.45, 2.75) is 4.90 Å². The Morgan fingerprint density at radius 3 is 2.19 bits per heavy atom. The molecular weight excluding hydrogens is 385 g/mol. The van der Waals surface area contributed by atoms with E-state index in [2.05, 4.69) is 0 Å². The van der Waals surface area contributed by atoms with Crippen LogP contribution in [0.2, 0.25) is 0 Å². The number of hydrogen-bond donors (Lipinski definition) is 0. The lowest BCUT2D eigenvalue weighted by Crippen LogP contribution is -2.20. The van der Waals surface area contributed by atoms with Crippen LogP contribution in [0.3, 0.4) is 0 Å². The summed E-state index contributed by atoms with van der Waals surface area (Å²) in [5.41, 5.74) is 1.81. The lowest BCUT2D eigenvalue weighted by atomic mass is 10.0. The van der Waals surface area contributed by atoms with Crippen molar-refractivity contribution in [3.05, 3.63) is 65.3 Å². The molecule has 0 fully saturated rings. The van der Waals surface area contributed by atoms with E-state index in [1.54, 1.807) is 50.5 Å². The Hall–Kier alpha value is -2.51. The van der Waals surface area contributed by atoms with Gasteiger partial charge < -0.3 is 4.90 Å². The molecule has 2 aromatic carbocycles. The summed E-state index contributed by atoms with van der Waals surface area (Å²) in [6.45, 7) is 0. The van der Waals surface area contributed by atoms with E-state index < -0.39 is 9.84 Å². The van der Waals surface area contributed by atoms with Gasteiger partial charge in [0.25, 0.3) is 5.91 Å². The molecular formula is C20H18FNO3S2. The molecule has 140 valence electrons. The summed E-state index contributed by atoms with van der Waals surface area (Å²) in [7, 11) is 0.00786. The van der Waals surface area contributed by atoms with E-state index in [4.69, 9.17) is 0 Å². The standard InChI is InChI=1S/C20H18FNO3S2/c1-22(2)20(23)18-12-16(13-8-10-14(11-9-13)27(3,24)25)19(26-18)15-6-4-5-7-17(15)21/h4-12H,1-3H3. The zero-order valence-corrected chi connectivity index (χ0v) is 16.7. The van der Waals surface area contributed by atoms with Crippen LogP contribution in [0.1, 0.15) is 9.67 Å². The SMILES string of the molecule is CN(C)C(=O)c1cc(-c2ccc(S(C)(=O)=O)cc2)c(-c2ccccc2F)s1. The van der Waals surface area contributed by atoms with Crippen molar-refractivity contribution in [3.63, 3.8) is 0 Å². The molecule has 0 aliphatic rings. The van der Waals surface area contributed by atoms with Crippen LogP contribution >= 0.6 is 11.3 Å². The number of benzene rings is 2. The van der Waals surface area contributed by atoms with Crippen LogP contribution in [0.5, 0.6) is 0 Å². The van der Waals surface area contributed by atoms with Crippen LogP contribution in [-0.4, -0.2) is 39.6 Å². The van der Waals surface area contributed by atoms with Gasteiger partial charge in [-0.2, -0.15) is 0 Å². The predicted molar refractivity (Wildman–Crippen MR) is 106 cm³/mol. The summed E-state index contributed by atoms with van der Waals surface area (Å²) in [6, 6.07) is 14.5. The molecule has 0 radical (unpaired) electrons. The number of halogens is 1. The van der Waals surface area contributed by atoms with E-state index in [0.717, 1.165) is 11.8 Å². The molecule has 3 aromatic rings. The molecule has 0 saturated carbocycles. The summed E-state index contributed by atoms with van der Waals surface area (Å²) < 4.78 is 37.8. The fourth-order valence-corrected chi connectivity index (χ4v) is 4.52. The third-order valence-electron chi connectivity index (χ3n) is 4.06. The molecule has 4 nitrogen and oxygen atoms in total. The van der Waals surface area contributed by atoms with E-state index in [1.807, 2.05) is 0 Å². The van der Waals surface area contributed by atoms with Gasteiger partial charge in [0.1, 0.15) is 5.82 Å². The maximum Gasteiger partial charge on any atom is 0.263 e. The zero-order chi connectivity index (χ0) is 19.8. The predicted octanol–water partition coefficient (Wildman–Crippen LogP) is 4.33. The van der Waals surface area contributed by atoms with E-state index in [0.29, 0.717) is 20.9 Å². The number of carbonyl (C=O) groups excluding carboxylic acids is 1. The van der Waals surface area contributed by atoms with Crippen LogP contribution in [0.25, 0.3) is 21.6 Å². The molecule has 0 saturated heterocycles. The first-order valence-electron chi connectivity index (χ1n) is 8.09. The molecule has 1 amide bonds. The van der Waals surface area contributed by atoms with Gasteiger partial charge in [-0.25, -0.2) is 12.8 Å². The van der Waals surface area contributed by atoms with Crippen molar-refractivity contribution in [3.8, 4) is 21.6 Å². The van der Waals surface area contributed by atoms with E-state index in [1.165, 1.54) is 34.4 Å². The number of thiophene rings is 1. The van der Waals surface area contributed by atoms with E-state index in [9.17, 15) is 17.6 Å². The summed E-state index contributed by atoms with van der Waals surface area (Å²) >= 11 is 1.22. The molecule has 0 spiro atoms. The topological polar surface area (TPSA) is 54.5 Å². The second-order valence-corrected chi connectivity index (χ2v) is 9.40. The highest BCUT2D eigenvalue weighted by molar-refractivity contribution is 7.90. The highest BCUT2D eigenvalue weighted by Crippen LogP contribution is 2.41. The largest absolute Gasteiger partial charge is 0.344 e. The van der Waals surface area contributed by atoms with Gasteiger partial charge in [-0.05, 0) is 29.8 Å². The lowest BCUT2D eigenvalue weighted by molar-refractivity contribution is 0.0832. The summed E-state index contributed by atoms with van der Waals surface area (Å²) in [5.74, 6) is -0.547. The van der Waals surface area contributed by atoms with Crippen LogP contribution < -0.4 is 0 Å². The molecule has 0 unspecified atom stereocenters. The summed E-state index contributed by atoms with van der Waals surface area (Å²) in [4.78, 5) is 15.2. The Kier molecular flexibility index (Phi) is 5.17. The molecule has 0 aliphatic heterocycles. The Morgan fingerprint density at radius 2 is 1.63 bits per heavy atom.